The van der Waals surface area contributed by atoms with Gasteiger partial charge >= 0.3 is 0 Å². The van der Waals surface area contributed by atoms with Crippen molar-refractivity contribution in [1.29, 1.82) is 0 Å². The number of para-hydroxylation sites is 1. The smallest absolute Gasteiger partial charge is 0.127 e. The first-order chi connectivity index (χ1) is 8.22. The molecule has 0 saturated carbocycles. The van der Waals surface area contributed by atoms with Crippen LogP contribution in [0.5, 0.6) is 5.75 Å². The molecule has 0 aliphatic rings. The first kappa shape index (κ1) is 11.5. The van der Waals surface area contributed by atoms with E-state index in [0.29, 0.717) is 6.61 Å². The fourth-order valence-corrected chi connectivity index (χ4v) is 1.96. The van der Waals surface area contributed by atoms with Crippen molar-refractivity contribution in [2.24, 2.45) is 0 Å². The third-order valence-corrected chi connectivity index (χ3v) is 2.73. The normalized spacial score (nSPS) is 10.2. The number of rotatable bonds is 3. The van der Waals surface area contributed by atoms with Crippen LogP contribution in [0.4, 0.5) is 5.69 Å². The third kappa shape index (κ3) is 2.41. The molecule has 88 valence electrons. The van der Waals surface area contributed by atoms with Crippen molar-refractivity contribution in [3.8, 4) is 16.9 Å². The van der Waals surface area contributed by atoms with Crippen LogP contribution in [0.25, 0.3) is 11.1 Å². The van der Waals surface area contributed by atoms with Crippen LogP contribution in [0.1, 0.15) is 12.5 Å². The second kappa shape index (κ2) is 4.91. The zero-order valence-corrected chi connectivity index (χ0v) is 10.2. The predicted molar refractivity (Wildman–Crippen MR) is 72.2 cm³/mol. The highest BCUT2D eigenvalue weighted by molar-refractivity contribution is 5.74. The van der Waals surface area contributed by atoms with Gasteiger partial charge in [0, 0.05) is 11.3 Å². The Kier molecular flexibility index (Phi) is 3.33. The first-order valence-corrected chi connectivity index (χ1v) is 5.80. The standard InChI is InChI=1S/C15H17NO/c1-3-17-15-7-5-4-6-14(15)13-9-8-12(16)10-11(13)2/h4-10H,3,16H2,1-2H3. The van der Waals surface area contributed by atoms with Crippen LogP contribution in [0.3, 0.4) is 0 Å². The summed E-state index contributed by atoms with van der Waals surface area (Å²) in [6, 6.07) is 14.0. The van der Waals surface area contributed by atoms with Crippen molar-refractivity contribution in [1.82, 2.24) is 0 Å². The van der Waals surface area contributed by atoms with Crippen LogP contribution in [0, 0.1) is 6.92 Å². The summed E-state index contributed by atoms with van der Waals surface area (Å²) in [6.07, 6.45) is 0. The molecule has 0 aliphatic heterocycles. The summed E-state index contributed by atoms with van der Waals surface area (Å²) < 4.78 is 5.65. The average Bonchev–Trinajstić information content (AvgIpc) is 2.31. The van der Waals surface area contributed by atoms with Crippen molar-refractivity contribution in [3.05, 3.63) is 48.0 Å². The summed E-state index contributed by atoms with van der Waals surface area (Å²) in [5, 5.41) is 0. The number of anilines is 1. The van der Waals surface area contributed by atoms with E-state index in [-0.39, 0.29) is 0 Å². The molecule has 0 spiro atoms. The van der Waals surface area contributed by atoms with Crippen molar-refractivity contribution >= 4 is 5.69 Å². The zero-order valence-electron chi connectivity index (χ0n) is 10.2. The van der Waals surface area contributed by atoms with Crippen molar-refractivity contribution < 1.29 is 4.74 Å². The van der Waals surface area contributed by atoms with Gasteiger partial charge in [0.15, 0.2) is 0 Å². The molecule has 0 amide bonds. The molecule has 0 aliphatic carbocycles. The van der Waals surface area contributed by atoms with Crippen LogP contribution in [-0.4, -0.2) is 6.61 Å². The van der Waals surface area contributed by atoms with Gasteiger partial charge < -0.3 is 10.5 Å². The Hall–Kier alpha value is -1.96. The molecule has 0 bridgehead atoms. The van der Waals surface area contributed by atoms with Gasteiger partial charge in [0.25, 0.3) is 0 Å². The van der Waals surface area contributed by atoms with Gasteiger partial charge in [-0.05, 0) is 43.2 Å². The molecule has 2 aromatic carbocycles. The Morgan fingerprint density at radius 1 is 1.06 bits per heavy atom. The molecule has 2 nitrogen and oxygen atoms in total. The number of benzene rings is 2. The second-order valence-corrected chi connectivity index (χ2v) is 4.00. The lowest BCUT2D eigenvalue weighted by atomic mass is 9.99. The van der Waals surface area contributed by atoms with E-state index < -0.39 is 0 Å². The predicted octanol–water partition coefficient (Wildman–Crippen LogP) is 3.64. The van der Waals surface area contributed by atoms with Crippen molar-refractivity contribution in [2.45, 2.75) is 13.8 Å². The van der Waals surface area contributed by atoms with Gasteiger partial charge in [-0.15, -0.1) is 0 Å². The molecular weight excluding hydrogens is 210 g/mol. The molecule has 2 N–H and O–H groups in total. The molecule has 0 fully saturated rings. The van der Waals surface area contributed by atoms with E-state index in [1.807, 2.05) is 43.3 Å². The monoisotopic (exact) mass is 227 g/mol. The Morgan fingerprint density at radius 3 is 2.53 bits per heavy atom. The maximum absolute atomic E-state index is 5.77. The molecule has 0 radical (unpaired) electrons. The van der Waals surface area contributed by atoms with Crippen LogP contribution < -0.4 is 10.5 Å². The number of ether oxygens (including phenoxy) is 1. The Bertz CT molecular complexity index is 520. The molecular formula is C15H17NO. The molecule has 2 aromatic rings. The van der Waals surface area contributed by atoms with Crippen molar-refractivity contribution in [3.63, 3.8) is 0 Å². The van der Waals surface area contributed by atoms with E-state index in [2.05, 4.69) is 13.0 Å². The lowest BCUT2D eigenvalue weighted by molar-refractivity contribution is 0.341. The minimum Gasteiger partial charge on any atom is -0.493 e. The molecule has 2 rings (SSSR count). The molecule has 0 unspecified atom stereocenters. The molecule has 0 atom stereocenters. The fourth-order valence-electron chi connectivity index (χ4n) is 1.96. The van der Waals surface area contributed by atoms with E-state index in [1.165, 1.54) is 5.56 Å². The van der Waals surface area contributed by atoms with Crippen LogP contribution in [0.2, 0.25) is 0 Å². The molecule has 2 heteroatoms. The zero-order chi connectivity index (χ0) is 12.3. The molecule has 0 aromatic heterocycles. The summed E-state index contributed by atoms with van der Waals surface area (Å²) in [4.78, 5) is 0. The lowest BCUT2D eigenvalue weighted by Gasteiger charge is -2.12. The molecule has 0 saturated heterocycles. The van der Waals surface area contributed by atoms with E-state index >= 15 is 0 Å². The summed E-state index contributed by atoms with van der Waals surface area (Å²) >= 11 is 0. The topological polar surface area (TPSA) is 35.2 Å². The highest BCUT2D eigenvalue weighted by atomic mass is 16.5. The van der Waals surface area contributed by atoms with E-state index in [1.54, 1.807) is 0 Å². The number of nitrogen functional groups attached to an aromatic ring is 1. The Labute approximate surface area is 102 Å². The summed E-state index contributed by atoms with van der Waals surface area (Å²) in [6.45, 7) is 4.73. The van der Waals surface area contributed by atoms with Gasteiger partial charge in [-0.2, -0.15) is 0 Å². The summed E-state index contributed by atoms with van der Waals surface area (Å²) in [7, 11) is 0. The Morgan fingerprint density at radius 2 is 1.82 bits per heavy atom. The SMILES string of the molecule is CCOc1ccccc1-c1ccc(N)cc1C. The molecule has 17 heavy (non-hydrogen) atoms. The Balaban J connectivity index is 2.52. The van der Waals surface area contributed by atoms with Crippen molar-refractivity contribution in [2.75, 3.05) is 12.3 Å². The van der Waals surface area contributed by atoms with E-state index in [4.69, 9.17) is 10.5 Å². The molecule has 0 heterocycles. The largest absolute Gasteiger partial charge is 0.493 e. The summed E-state index contributed by atoms with van der Waals surface area (Å²) in [5.41, 5.74) is 10.0. The van der Waals surface area contributed by atoms with Gasteiger partial charge in [0.1, 0.15) is 5.75 Å². The maximum atomic E-state index is 5.77. The quantitative estimate of drug-likeness (QED) is 0.812. The third-order valence-electron chi connectivity index (χ3n) is 2.73. The average molecular weight is 227 g/mol. The van der Waals surface area contributed by atoms with Gasteiger partial charge in [0.05, 0.1) is 6.61 Å². The first-order valence-electron chi connectivity index (χ1n) is 5.80. The van der Waals surface area contributed by atoms with E-state index in [0.717, 1.165) is 22.6 Å². The maximum Gasteiger partial charge on any atom is 0.127 e. The lowest BCUT2D eigenvalue weighted by Crippen LogP contribution is -1.95. The highest BCUT2D eigenvalue weighted by Gasteiger charge is 2.07. The highest BCUT2D eigenvalue weighted by Crippen LogP contribution is 2.32. The number of nitrogens with two attached hydrogens (primary N) is 1. The number of aryl methyl sites for hydroxylation is 1. The fraction of sp³-hybridized carbons (Fsp3) is 0.200. The van der Waals surface area contributed by atoms with E-state index in [9.17, 15) is 0 Å². The van der Waals surface area contributed by atoms with Gasteiger partial charge in [0.2, 0.25) is 0 Å². The minimum absolute atomic E-state index is 0.672. The van der Waals surface area contributed by atoms with Crippen LogP contribution >= 0.6 is 0 Å². The number of hydrogen-bond acceptors (Lipinski definition) is 2. The number of hydrogen-bond donors (Lipinski definition) is 1. The second-order valence-electron chi connectivity index (χ2n) is 4.00. The van der Waals surface area contributed by atoms with Crippen LogP contribution in [-0.2, 0) is 0 Å². The minimum atomic E-state index is 0.672. The van der Waals surface area contributed by atoms with Gasteiger partial charge in [-0.25, -0.2) is 0 Å². The van der Waals surface area contributed by atoms with Crippen LogP contribution in [0.15, 0.2) is 42.5 Å². The van der Waals surface area contributed by atoms with Gasteiger partial charge in [-0.3, -0.25) is 0 Å². The van der Waals surface area contributed by atoms with Gasteiger partial charge in [-0.1, -0.05) is 24.3 Å². The summed E-state index contributed by atoms with van der Waals surface area (Å²) in [5.74, 6) is 0.919.